The zero-order chi connectivity index (χ0) is 31.2. The van der Waals surface area contributed by atoms with Gasteiger partial charge < -0.3 is 9.80 Å². The number of hydrogen-bond acceptors (Lipinski definition) is 5. The van der Waals surface area contributed by atoms with Crippen LogP contribution < -0.4 is 9.80 Å². The highest BCUT2D eigenvalue weighted by Crippen LogP contribution is 2.39. The van der Waals surface area contributed by atoms with Crippen molar-refractivity contribution < 1.29 is 27.3 Å². The van der Waals surface area contributed by atoms with Gasteiger partial charge in [0.25, 0.3) is 0 Å². The summed E-state index contributed by atoms with van der Waals surface area (Å²) in [6.07, 6.45) is 0.695. The minimum Gasteiger partial charge on any atom is -0.369 e. The van der Waals surface area contributed by atoms with Crippen molar-refractivity contribution in [3.8, 4) is 0 Å². The molecule has 9 nitrogen and oxygen atoms in total. The Labute approximate surface area is 252 Å². The second kappa shape index (κ2) is 11.7. The highest BCUT2D eigenvalue weighted by Gasteiger charge is 2.42. The summed E-state index contributed by atoms with van der Waals surface area (Å²) in [6, 6.07) is 8.06. The molecule has 1 aliphatic carbocycles. The van der Waals surface area contributed by atoms with Gasteiger partial charge in [0, 0.05) is 42.2 Å². The van der Waals surface area contributed by atoms with Crippen molar-refractivity contribution >= 4 is 17.5 Å². The van der Waals surface area contributed by atoms with Gasteiger partial charge in [-0.15, -0.1) is 0 Å². The Balaban J connectivity index is 1.32. The lowest BCUT2D eigenvalue weighted by Gasteiger charge is -2.43. The zero-order valence-electron chi connectivity index (χ0n) is 24.3. The fourth-order valence-electron chi connectivity index (χ4n) is 7.03. The molecule has 13 heteroatoms. The predicted octanol–water partition coefficient (Wildman–Crippen LogP) is 6.72. The Morgan fingerprint density at radius 1 is 1.02 bits per heavy atom. The summed E-state index contributed by atoms with van der Waals surface area (Å²) in [5.74, 6) is -0.0740. The van der Waals surface area contributed by atoms with Crippen LogP contribution in [0.25, 0.3) is 0 Å². The summed E-state index contributed by atoms with van der Waals surface area (Å²) >= 11 is 0. The van der Waals surface area contributed by atoms with Crippen LogP contribution in [0.3, 0.4) is 0 Å². The summed E-state index contributed by atoms with van der Waals surface area (Å²) in [7, 11) is 0. The van der Waals surface area contributed by atoms with Gasteiger partial charge in [0.15, 0.2) is 5.82 Å². The minimum absolute atomic E-state index is 0.0682. The number of hydrogen-bond donors (Lipinski definition) is 0. The van der Waals surface area contributed by atoms with Gasteiger partial charge in [-0.05, 0) is 55.9 Å². The molecule has 44 heavy (non-hydrogen) atoms. The molecular formula is C31H34F4N6O3. The molecule has 3 aromatic rings. The molecule has 1 aromatic heterocycles. The standard InChI is InChI=1S/C31H34F4N6O3/c1-20-7-6-10-25(32)28(20)37-15-13-23(14-16-37)38-18-22-19-40(26-11-4-5-12-27(26)41(43)44)36-29(22)39(30(38)42)17-21-8-2-3-9-24(21)31(33,34)35/h2-3,6-10,19,23,26-27H,4-5,11-18H2,1H3. The molecule has 0 N–H and O–H groups in total. The molecule has 3 heterocycles. The summed E-state index contributed by atoms with van der Waals surface area (Å²) in [4.78, 5) is 30.6. The minimum atomic E-state index is -4.62. The van der Waals surface area contributed by atoms with Crippen molar-refractivity contribution in [2.45, 2.75) is 82.8 Å². The highest BCUT2D eigenvalue weighted by atomic mass is 19.4. The first-order valence-corrected chi connectivity index (χ1v) is 15.0. The van der Waals surface area contributed by atoms with E-state index in [4.69, 9.17) is 0 Å². The van der Waals surface area contributed by atoms with Crippen LogP contribution in [0.2, 0.25) is 0 Å². The van der Waals surface area contributed by atoms with Gasteiger partial charge in [-0.3, -0.25) is 19.7 Å². The Morgan fingerprint density at radius 3 is 2.45 bits per heavy atom. The molecule has 2 amide bonds. The van der Waals surface area contributed by atoms with Gasteiger partial charge in [0.1, 0.15) is 11.9 Å². The Bertz CT molecular complexity index is 1530. The third-order valence-electron chi connectivity index (χ3n) is 9.22. The molecule has 2 atom stereocenters. The number of amides is 2. The van der Waals surface area contributed by atoms with Gasteiger partial charge in [-0.25, -0.2) is 9.18 Å². The second-order valence-corrected chi connectivity index (χ2v) is 11.9. The second-order valence-electron chi connectivity index (χ2n) is 11.9. The average Bonchev–Trinajstić information content (AvgIpc) is 3.42. The lowest BCUT2D eigenvalue weighted by atomic mass is 9.91. The number of alkyl halides is 3. The van der Waals surface area contributed by atoms with Crippen LogP contribution in [0.4, 0.5) is 33.9 Å². The van der Waals surface area contributed by atoms with Crippen molar-refractivity contribution in [2.75, 3.05) is 22.9 Å². The molecule has 234 valence electrons. The Kier molecular flexibility index (Phi) is 7.97. The Morgan fingerprint density at radius 2 is 1.75 bits per heavy atom. The maximum atomic E-state index is 14.7. The predicted molar refractivity (Wildman–Crippen MR) is 155 cm³/mol. The number of aryl methyl sites for hydroxylation is 1. The van der Waals surface area contributed by atoms with Gasteiger partial charge in [-0.1, -0.05) is 36.8 Å². The van der Waals surface area contributed by atoms with E-state index in [1.165, 1.54) is 29.2 Å². The van der Waals surface area contributed by atoms with Gasteiger partial charge in [0.05, 0.1) is 24.3 Å². The molecule has 0 radical (unpaired) electrons. The molecule has 2 unspecified atom stereocenters. The number of urea groups is 1. The monoisotopic (exact) mass is 614 g/mol. The number of benzene rings is 2. The third-order valence-corrected chi connectivity index (χ3v) is 9.22. The normalized spacial score (nSPS) is 21.5. The van der Waals surface area contributed by atoms with E-state index in [9.17, 15) is 32.5 Å². The van der Waals surface area contributed by atoms with E-state index < -0.39 is 29.9 Å². The SMILES string of the molecule is Cc1cccc(F)c1N1CCC(N2Cc3cn(C4CCCCC4[N+](=O)[O-])nc3N(Cc3ccccc3C(F)(F)F)C2=O)CC1. The van der Waals surface area contributed by atoms with Crippen LogP contribution in [0.1, 0.15) is 66.8 Å². The fraction of sp³-hybridized carbons (Fsp3) is 0.484. The largest absolute Gasteiger partial charge is 0.416 e. The highest BCUT2D eigenvalue weighted by molar-refractivity contribution is 5.94. The maximum absolute atomic E-state index is 14.7. The summed E-state index contributed by atoms with van der Waals surface area (Å²) in [5.41, 5.74) is 1.09. The molecule has 2 aliphatic heterocycles. The van der Waals surface area contributed by atoms with E-state index in [2.05, 4.69) is 5.10 Å². The van der Waals surface area contributed by atoms with Crippen molar-refractivity contribution in [1.29, 1.82) is 0 Å². The number of fused-ring (bicyclic) bond motifs is 1. The Hall–Kier alpha value is -4.16. The van der Waals surface area contributed by atoms with E-state index >= 15 is 0 Å². The molecule has 1 saturated carbocycles. The number of nitro groups is 1. The van der Waals surface area contributed by atoms with Crippen molar-refractivity contribution in [3.63, 3.8) is 0 Å². The molecule has 0 bridgehead atoms. The number of para-hydroxylation sites is 1. The van der Waals surface area contributed by atoms with Gasteiger partial charge >= 0.3 is 12.2 Å². The van der Waals surface area contributed by atoms with E-state index in [1.807, 2.05) is 17.9 Å². The first-order valence-electron chi connectivity index (χ1n) is 15.0. The van der Waals surface area contributed by atoms with E-state index in [0.29, 0.717) is 50.0 Å². The van der Waals surface area contributed by atoms with E-state index in [1.54, 1.807) is 21.8 Å². The topological polar surface area (TPSA) is 87.8 Å². The van der Waals surface area contributed by atoms with Gasteiger partial charge in [0.2, 0.25) is 6.04 Å². The average molecular weight is 615 g/mol. The molecule has 2 aromatic carbocycles. The lowest BCUT2D eigenvalue weighted by molar-refractivity contribution is -0.533. The van der Waals surface area contributed by atoms with E-state index in [0.717, 1.165) is 24.5 Å². The van der Waals surface area contributed by atoms with Crippen molar-refractivity contribution in [2.24, 2.45) is 0 Å². The number of carbonyl (C=O) groups excluding carboxylic acids is 1. The molecule has 0 spiro atoms. The number of halogens is 4. The van der Waals surface area contributed by atoms with Crippen LogP contribution >= 0.6 is 0 Å². The molecular weight excluding hydrogens is 580 g/mol. The summed E-state index contributed by atoms with van der Waals surface area (Å²) in [5, 5.41) is 16.5. The number of nitrogens with zero attached hydrogens (tertiary/aromatic N) is 6. The molecule has 2 fully saturated rings. The van der Waals surface area contributed by atoms with E-state index in [-0.39, 0.29) is 41.3 Å². The summed E-state index contributed by atoms with van der Waals surface area (Å²) < 4.78 is 58.0. The zero-order valence-corrected chi connectivity index (χ0v) is 24.3. The lowest BCUT2D eigenvalue weighted by Crippen LogP contribution is -2.54. The van der Waals surface area contributed by atoms with Crippen molar-refractivity contribution in [1.82, 2.24) is 14.7 Å². The maximum Gasteiger partial charge on any atom is 0.416 e. The van der Waals surface area contributed by atoms with Crippen LogP contribution in [-0.4, -0.2) is 50.8 Å². The molecule has 3 aliphatic rings. The van der Waals surface area contributed by atoms with Crippen LogP contribution in [0.15, 0.2) is 48.7 Å². The number of aromatic nitrogens is 2. The number of anilines is 2. The number of rotatable bonds is 6. The fourth-order valence-corrected chi connectivity index (χ4v) is 7.03. The smallest absolute Gasteiger partial charge is 0.369 e. The molecule has 1 saturated heterocycles. The van der Waals surface area contributed by atoms with Crippen LogP contribution in [0, 0.1) is 22.9 Å². The number of piperidine rings is 1. The quantitative estimate of drug-likeness (QED) is 0.175. The number of carbonyl (C=O) groups is 1. The first kappa shape index (κ1) is 29.9. The summed E-state index contributed by atoms with van der Waals surface area (Å²) in [6.45, 7) is 2.69. The van der Waals surface area contributed by atoms with Crippen molar-refractivity contribution in [3.05, 3.63) is 86.8 Å². The van der Waals surface area contributed by atoms with Gasteiger partial charge in [-0.2, -0.15) is 18.3 Å². The van der Waals surface area contributed by atoms with Crippen LogP contribution in [-0.2, 0) is 19.3 Å². The first-order chi connectivity index (χ1) is 21.0. The van der Waals surface area contributed by atoms with Crippen LogP contribution in [0.5, 0.6) is 0 Å². The molecule has 6 rings (SSSR count). The third kappa shape index (κ3) is 5.59.